The van der Waals surface area contributed by atoms with Gasteiger partial charge in [0.15, 0.2) is 0 Å². The molecule has 1 aliphatic heterocycles. The van der Waals surface area contributed by atoms with Crippen LogP contribution in [0.5, 0.6) is 5.75 Å². The minimum Gasteiger partial charge on any atom is -0.497 e. The Balaban J connectivity index is 1.44. The Morgan fingerprint density at radius 2 is 1.93 bits per heavy atom. The first kappa shape index (κ1) is 20.4. The van der Waals surface area contributed by atoms with Crippen LogP contribution in [-0.4, -0.2) is 50.8 Å². The number of carbonyl (C=O) groups excluding carboxylic acids is 1. The number of nitrogens with one attached hydrogen (secondary N) is 1. The lowest BCUT2D eigenvalue weighted by molar-refractivity contribution is -0.120. The third-order valence-corrected chi connectivity index (χ3v) is 5.64. The Hall–Kier alpha value is -2.83. The minimum atomic E-state index is -0.00922. The Labute approximate surface area is 176 Å². The second-order valence-electron chi connectivity index (χ2n) is 7.68. The van der Waals surface area contributed by atoms with Crippen LogP contribution in [0.3, 0.4) is 0 Å². The van der Waals surface area contributed by atoms with E-state index in [0.29, 0.717) is 26.2 Å². The van der Waals surface area contributed by atoms with Crippen molar-refractivity contribution in [1.82, 2.24) is 10.2 Å². The number of morpholine rings is 1. The van der Waals surface area contributed by atoms with Crippen molar-refractivity contribution in [3.63, 3.8) is 0 Å². The van der Waals surface area contributed by atoms with Crippen LogP contribution in [0.15, 0.2) is 53.1 Å². The van der Waals surface area contributed by atoms with Gasteiger partial charge in [-0.15, -0.1) is 0 Å². The molecule has 1 saturated heterocycles. The second-order valence-corrected chi connectivity index (χ2v) is 7.68. The van der Waals surface area contributed by atoms with Crippen LogP contribution in [-0.2, 0) is 16.0 Å². The maximum atomic E-state index is 12.7. The number of carbonyl (C=O) groups is 1. The Morgan fingerprint density at radius 1 is 1.17 bits per heavy atom. The standard InChI is InChI=1S/C24H28N2O4/c1-17-3-8-21-19(16-30-23(21)13-17)14-24(27)25-15-22(26-9-11-29-12-10-26)18-4-6-20(28-2)7-5-18/h3-8,13,16,22H,9-12,14-15H2,1-2H3,(H,25,27)/t22-/m1/s1. The molecular weight excluding hydrogens is 380 g/mol. The molecule has 0 saturated carbocycles. The van der Waals surface area contributed by atoms with Crippen LogP contribution >= 0.6 is 0 Å². The highest BCUT2D eigenvalue weighted by molar-refractivity contribution is 5.87. The van der Waals surface area contributed by atoms with E-state index in [1.165, 1.54) is 0 Å². The molecule has 1 amide bonds. The number of benzene rings is 2. The summed E-state index contributed by atoms with van der Waals surface area (Å²) in [4.78, 5) is 15.1. The maximum Gasteiger partial charge on any atom is 0.224 e. The fourth-order valence-electron chi connectivity index (χ4n) is 3.95. The number of methoxy groups -OCH3 is 1. The maximum absolute atomic E-state index is 12.7. The van der Waals surface area contributed by atoms with Crippen LogP contribution in [0.2, 0.25) is 0 Å². The molecule has 0 bridgehead atoms. The van der Waals surface area contributed by atoms with E-state index < -0.39 is 0 Å². The third kappa shape index (κ3) is 4.66. The number of furan rings is 1. The molecule has 2 heterocycles. The topological polar surface area (TPSA) is 63.9 Å². The fourth-order valence-corrected chi connectivity index (χ4v) is 3.95. The molecule has 158 valence electrons. The zero-order chi connectivity index (χ0) is 20.9. The number of rotatable bonds is 7. The molecule has 30 heavy (non-hydrogen) atoms. The van der Waals surface area contributed by atoms with Crippen molar-refractivity contribution in [3.05, 3.63) is 65.4 Å². The normalized spacial score (nSPS) is 15.8. The Kier molecular flexibility index (Phi) is 6.35. The van der Waals surface area contributed by atoms with E-state index in [1.807, 2.05) is 37.3 Å². The Bertz CT molecular complexity index is 990. The van der Waals surface area contributed by atoms with Crippen molar-refractivity contribution in [3.8, 4) is 5.75 Å². The zero-order valence-electron chi connectivity index (χ0n) is 17.5. The molecule has 0 unspecified atom stereocenters. The smallest absolute Gasteiger partial charge is 0.224 e. The molecule has 0 spiro atoms. The third-order valence-electron chi connectivity index (χ3n) is 5.64. The molecule has 1 aliphatic rings. The first-order chi connectivity index (χ1) is 14.6. The summed E-state index contributed by atoms with van der Waals surface area (Å²) in [6, 6.07) is 14.2. The van der Waals surface area contributed by atoms with Gasteiger partial charge in [-0.1, -0.05) is 24.3 Å². The highest BCUT2D eigenvalue weighted by atomic mass is 16.5. The van der Waals surface area contributed by atoms with Crippen molar-refractivity contribution in [2.75, 3.05) is 40.0 Å². The summed E-state index contributed by atoms with van der Waals surface area (Å²) >= 11 is 0. The van der Waals surface area contributed by atoms with E-state index in [0.717, 1.165) is 46.5 Å². The monoisotopic (exact) mass is 408 g/mol. The van der Waals surface area contributed by atoms with Crippen LogP contribution < -0.4 is 10.1 Å². The summed E-state index contributed by atoms with van der Waals surface area (Å²) in [5, 5.41) is 4.12. The quantitative estimate of drug-likeness (QED) is 0.648. The van der Waals surface area contributed by atoms with Gasteiger partial charge in [0.25, 0.3) is 0 Å². The average molecular weight is 408 g/mol. The molecule has 0 radical (unpaired) electrons. The molecule has 3 aromatic rings. The molecule has 1 N–H and O–H groups in total. The molecule has 1 atom stereocenters. The number of hydrogen-bond donors (Lipinski definition) is 1. The van der Waals surface area contributed by atoms with E-state index >= 15 is 0 Å². The van der Waals surface area contributed by atoms with Gasteiger partial charge < -0.3 is 19.2 Å². The average Bonchev–Trinajstić information content (AvgIpc) is 3.16. The number of ether oxygens (including phenoxy) is 2. The summed E-state index contributed by atoms with van der Waals surface area (Å²) in [7, 11) is 1.66. The first-order valence-electron chi connectivity index (χ1n) is 10.3. The van der Waals surface area contributed by atoms with Crippen LogP contribution in [0.4, 0.5) is 0 Å². The number of nitrogens with zero attached hydrogens (tertiary/aromatic N) is 1. The lowest BCUT2D eigenvalue weighted by atomic mass is 10.0. The van der Waals surface area contributed by atoms with Gasteiger partial charge in [0.1, 0.15) is 11.3 Å². The van der Waals surface area contributed by atoms with Gasteiger partial charge in [0.05, 0.1) is 39.0 Å². The molecule has 4 rings (SSSR count). The fraction of sp³-hybridized carbons (Fsp3) is 0.375. The molecule has 1 fully saturated rings. The predicted octanol–water partition coefficient (Wildman–Crippen LogP) is 3.48. The van der Waals surface area contributed by atoms with E-state index in [9.17, 15) is 4.79 Å². The lowest BCUT2D eigenvalue weighted by Crippen LogP contribution is -2.44. The number of amides is 1. The molecule has 2 aromatic carbocycles. The van der Waals surface area contributed by atoms with Crippen LogP contribution in [0.1, 0.15) is 22.7 Å². The van der Waals surface area contributed by atoms with E-state index in [1.54, 1.807) is 13.4 Å². The largest absolute Gasteiger partial charge is 0.497 e. The second kappa shape index (κ2) is 9.32. The summed E-state index contributed by atoms with van der Waals surface area (Å²) < 4.78 is 16.4. The van der Waals surface area contributed by atoms with E-state index in [-0.39, 0.29) is 11.9 Å². The van der Waals surface area contributed by atoms with Gasteiger partial charge in [-0.05, 0) is 36.2 Å². The van der Waals surface area contributed by atoms with Crippen molar-refractivity contribution < 1.29 is 18.7 Å². The molecular formula is C24H28N2O4. The Morgan fingerprint density at radius 3 is 2.67 bits per heavy atom. The minimum absolute atomic E-state index is 0.00922. The van der Waals surface area contributed by atoms with Crippen LogP contribution in [0, 0.1) is 6.92 Å². The van der Waals surface area contributed by atoms with Crippen LogP contribution in [0.25, 0.3) is 11.0 Å². The zero-order valence-corrected chi connectivity index (χ0v) is 17.5. The number of aryl methyl sites for hydroxylation is 1. The summed E-state index contributed by atoms with van der Waals surface area (Å²) in [5.74, 6) is 0.815. The summed E-state index contributed by atoms with van der Waals surface area (Å²) in [6.07, 6.45) is 1.99. The summed E-state index contributed by atoms with van der Waals surface area (Å²) in [6.45, 7) is 5.68. The highest BCUT2D eigenvalue weighted by Gasteiger charge is 2.23. The summed E-state index contributed by atoms with van der Waals surface area (Å²) in [5.41, 5.74) is 4.03. The van der Waals surface area contributed by atoms with Gasteiger partial charge in [-0.2, -0.15) is 0 Å². The van der Waals surface area contributed by atoms with Gasteiger partial charge in [-0.3, -0.25) is 9.69 Å². The van der Waals surface area contributed by atoms with E-state index in [4.69, 9.17) is 13.9 Å². The molecule has 1 aromatic heterocycles. The first-order valence-corrected chi connectivity index (χ1v) is 10.3. The molecule has 0 aliphatic carbocycles. The van der Waals surface area contributed by atoms with Gasteiger partial charge >= 0.3 is 0 Å². The van der Waals surface area contributed by atoms with Gasteiger partial charge in [0, 0.05) is 30.6 Å². The molecule has 6 heteroatoms. The van der Waals surface area contributed by atoms with Crippen molar-refractivity contribution in [2.45, 2.75) is 19.4 Å². The van der Waals surface area contributed by atoms with Crippen molar-refractivity contribution >= 4 is 16.9 Å². The number of fused-ring (bicyclic) bond motifs is 1. The molecule has 6 nitrogen and oxygen atoms in total. The van der Waals surface area contributed by atoms with Crippen molar-refractivity contribution in [1.29, 1.82) is 0 Å². The number of hydrogen-bond acceptors (Lipinski definition) is 5. The lowest BCUT2D eigenvalue weighted by Gasteiger charge is -2.35. The highest BCUT2D eigenvalue weighted by Crippen LogP contribution is 2.25. The van der Waals surface area contributed by atoms with Gasteiger partial charge in [0.2, 0.25) is 5.91 Å². The van der Waals surface area contributed by atoms with Gasteiger partial charge in [-0.25, -0.2) is 0 Å². The SMILES string of the molecule is COc1ccc([C@@H](CNC(=O)Cc2coc3cc(C)ccc23)N2CCOCC2)cc1. The van der Waals surface area contributed by atoms with E-state index in [2.05, 4.69) is 22.3 Å². The van der Waals surface area contributed by atoms with Crippen molar-refractivity contribution in [2.24, 2.45) is 0 Å². The predicted molar refractivity (Wildman–Crippen MR) is 116 cm³/mol.